The summed E-state index contributed by atoms with van der Waals surface area (Å²) in [6.07, 6.45) is 6.55. The standard InChI is InChI=1S/C29H32F2N4O2/c1-19-15-21(17-32-28(19)22-3-7-24(8-4-22)34-11-13-37-14-12-34)16-27(36)26-18-33-35(20(26)2)25-9-5-23(6-10-25)29(30)31/h3,5-6,9-10,15,17-18,24,29H,4,7-8,11-14,16H2,1-2H3. The van der Waals surface area contributed by atoms with Gasteiger partial charge in [0.1, 0.15) is 0 Å². The third-order valence-corrected chi connectivity index (χ3v) is 7.45. The van der Waals surface area contributed by atoms with Crippen LogP contribution in [-0.2, 0) is 11.2 Å². The summed E-state index contributed by atoms with van der Waals surface area (Å²) < 4.78 is 32.8. The fourth-order valence-corrected chi connectivity index (χ4v) is 5.36. The van der Waals surface area contributed by atoms with E-state index in [1.54, 1.807) is 29.2 Å². The molecule has 1 saturated heterocycles. The first kappa shape index (κ1) is 25.4. The molecule has 5 rings (SSSR count). The van der Waals surface area contributed by atoms with Crippen LogP contribution in [0.15, 0.2) is 48.8 Å². The molecule has 2 aromatic heterocycles. The van der Waals surface area contributed by atoms with Crippen LogP contribution in [0.4, 0.5) is 8.78 Å². The van der Waals surface area contributed by atoms with Gasteiger partial charge in [0.15, 0.2) is 5.78 Å². The number of hydrogen-bond acceptors (Lipinski definition) is 5. The van der Waals surface area contributed by atoms with Crippen LogP contribution in [-0.4, -0.2) is 57.8 Å². The smallest absolute Gasteiger partial charge is 0.263 e. The fourth-order valence-electron chi connectivity index (χ4n) is 5.36. The highest BCUT2D eigenvalue weighted by Crippen LogP contribution is 2.31. The zero-order chi connectivity index (χ0) is 25.9. The summed E-state index contributed by atoms with van der Waals surface area (Å²) in [5.41, 5.74) is 6.04. The van der Waals surface area contributed by atoms with Gasteiger partial charge in [0.2, 0.25) is 0 Å². The number of nitrogens with zero attached hydrogens (tertiary/aromatic N) is 4. The minimum atomic E-state index is -2.52. The van der Waals surface area contributed by atoms with E-state index in [9.17, 15) is 13.6 Å². The normalized spacial score (nSPS) is 18.7. The number of aromatic nitrogens is 3. The largest absolute Gasteiger partial charge is 0.379 e. The Bertz CT molecular complexity index is 1290. The summed E-state index contributed by atoms with van der Waals surface area (Å²) in [6, 6.07) is 8.57. The molecule has 6 nitrogen and oxygen atoms in total. The second-order valence-electron chi connectivity index (χ2n) is 9.86. The molecule has 0 amide bonds. The summed E-state index contributed by atoms with van der Waals surface area (Å²) in [5, 5.41) is 4.33. The molecule has 2 aliphatic rings. The van der Waals surface area contributed by atoms with Crippen molar-refractivity contribution in [3.8, 4) is 5.69 Å². The van der Waals surface area contributed by atoms with Gasteiger partial charge in [-0.2, -0.15) is 5.10 Å². The number of ether oxygens (including phenoxy) is 1. The SMILES string of the molecule is Cc1cc(CC(=O)c2cnn(-c3ccc(C(F)F)cc3)c2C)cnc1C1=CCC(N2CCOCC2)CC1. The van der Waals surface area contributed by atoms with Crippen molar-refractivity contribution in [1.29, 1.82) is 0 Å². The lowest BCUT2D eigenvalue weighted by Gasteiger charge is -2.36. The van der Waals surface area contributed by atoms with Crippen molar-refractivity contribution in [2.75, 3.05) is 26.3 Å². The average molecular weight is 507 g/mol. The quantitative estimate of drug-likeness (QED) is 0.395. The van der Waals surface area contributed by atoms with Crippen molar-refractivity contribution >= 4 is 11.4 Å². The minimum absolute atomic E-state index is 0.0444. The van der Waals surface area contributed by atoms with Gasteiger partial charge in [0, 0.05) is 37.3 Å². The summed E-state index contributed by atoms with van der Waals surface area (Å²) in [5.74, 6) is -0.0489. The van der Waals surface area contributed by atoms with Crippen molar-refractivity contribution in [3.05, 3.63) is 82.4 Å². The zero-order valence-corrected chi connectivity index (χ0v) is 21.3. The number of alkyl halides is 2. The summed E-state index contributed by atoms with van der Waals surface area (Å²) >= 11 is 0. The van der Waals surface area contributed by atoms with Gasteiger partial charge in [-0.15, -0.1) is 0 Å². The number of allylic oxidation sites excluding steroid dienone is 1. The van der Waals surface area contributed by atoms with Gasteiger partial charge in [-0.1, -0.05) is 24.3 Å². The molecule has 0 radical (unpaired) electrons. The Kier molecular flexibility index (Phi) is 7.58. The van der Waals surface area contributed by atoms with Gasteiger partial charge >= 0.3 is 0 Å². The third-order valence-electron chi connectivity index (χ3n) is 7.45. The molecule has 1 aromatic carbocycles. The first-order valence-electron chi connectivity index (χ1n) is 12.8. The Morgan fingerprint density at radius 3 is 2.54 bits per heavy atom. The first-order chi connectivity index (χ1) is 17.9. The average Bonchev–Trinajstić information content (AvgIpc) is 3.31. The highest BCUT2D eigenvalue weighted by atomic mass is 19.3. The zero-order valence-electron chi connectivity index (χ0n) is 21.3. The molecule has 1 fully saturated rings. The van der Waals surface area contributed by atoms with E-state index in [0.29, 0.717) is 23.0 Å². The van der Waals surface area contributed by atoms with E-state index >= 15 is 0 Å². The number of aryl methyl sites for hydroxylation is 1. The maximum absolute atomic E-state index is 13.1. The van der Waals surface area contributed by atoms with Gasteiger partial charge < -0.3 is 4.74 Å². The van der Waals surface area contributed by atoms with Crippen LogP contribution in [0.3, 0.4) is 0 Å². The van der Waals surface area contributed by atoms with Gasteiger partial charge in [0.05, 0.1) is 42.0 Å². The van der Waals surface area contributed by atoms with E-state index in [-0.39, 0.29) is 17.8 Å². The number of ketones is 1. The van der Waals surface area contributed by atoms with Crippen molar-refractivity contribution < 1.29 is 18.3 Å². The van der Waals surface area contributed by atoms with Crippen LogP contribution in [0, 0.1) is 13.8 Å². The maximum atomic E-state index is 13.1. The molecular weight excluding hydrogens is 474 g/mol. The molecule has 1 unspecified atom stereocenters. The molecule has 0 bridgehead atoms. The Morgan fingerprint density at radius 2 is 1.89 bits per heavy atom. The molecule has 0 saturated carbocycles. The molecule has 3 aromatic rings. The molecule has 0 N–H and O–H groups in total. The number of morpholine rings is 1. The van der Waals surface area contributed by atoms with Crippen molar-refractivity contribution in [3.63, 3.8) is 0 Å². The molecule has 37 heavy (non-hydrogen) atoms. The Labute approximate surface area is 216 Å². The van der Waals surface area contributed by atoms with Crippen LogP contribution >= 0.6 is 0 Å². The molecule has 8 heteroatoms. The number of carbonyl (C=O) groups is 1. The third kappa shape index (κ3) is 5.55. The molecule has 194 valence electrons. The molecule has 0 spiro atoms. The maximum Gasteiger partial charge on any atom is 0.263 e. The van der Waals surface area contributed by atoms with Gasteiger partial charge in [0.25, 0.3) is 6.43 Å². The van der Waals surface area contributed by atoms with Crippen LogP contribution in [0.2, 0.25) is 0 Å². The van der Waals surface area contributed by atoms with Crippen molar-refractivity contribution in [1.82, 2.24) is 19.7 Å². The van der Waals surface area contributed by atoms with Crippen LogP contribution in [0.1, 0.15) is 64.1 Å². The lowest BCUT2D eigenvalue weighted by atomic mass is 9.90. The Hall–Kier alpha value is -3.23. The van der Waals surface area contributed by atoms with E-state index in [4.69, 9.17) is 9.72 Å². The number of carbonyl (C=O) groups excluding carboxylic acids is 1. The number of halogens is 2. The number of benzene rings is 1. The van der Waals surface area contributed by atoms with Gasteiger partial charge in [-0.3, -0.25) is 14.7 Å². The predicted octanol–water partition coefficient (Wildman–Crippen LogP) is 5.52. The Balaban J connectivity index is 1.25. The molecule has 1 aliphatic heterocycles. The highest BCUT2D eigenvalue weighted by Gasteiger charge is 2.24. The lowest BCUT2D eigenvalue weighted by Crippen LogP contribution is -2.43. The minimum Gasteiger partial charge on any atom is -0.379 e. The number of Topliss-reactive ketones (excluding diaryl/α,β-unsaturated/α-hetero) is 1. The lowest BCUT2D eigenvalue weighted by molar-refractivity contribution is 0.0150. The van der Waals surface area contributed by atoms with Crippen molar-refractivity contribution in [2.45, 2.75) is 52.0 Å². The molecule has 1 atom stereocenters. The number of rotatable bonds is 7. The molecule has 1 aliphatic carbocycles. The molecule has 3 heterocycles. The van der Waals surface area contributed by atoms with E-state index in [1.807, 2.05) is 6.92 Å². The fraction of sp³-hybridized carbons (Fsp3) is 0.414. The first-order valence-corrected chi connectivity index (χ1v) is 12.8. The monoisotopic (exact) mass is 506 g/mol. The van der Waals surface area contributed by atoms with E-state index in [1.165, 1.54) is 17.7 Å². The second-order valence-corrected chi connectivity index (χ2v) is 9.86. The van der Waals surface area contributed by atoms with Crippen LogP contribution in [0.5, 0.6) is 0 Å². The second kappa shape index (κ2) is 11.0. The molecular formula is C29H32F2N4O2. The summed E-state index contributed by atoms with van der Waals surface area (Å²) in [7, 11) is 0. The highest BCUT2D eigenvalue weighted by molar-refractivity contribution is 5.98. The van der Waals surface area contributed by atoms with E-state index < -0.39 is 6.43 Å². The van der Waals surface area contributed by atoms with Gasteiger partial charge in [-0.25, -0.2) is 13.5 Å². The van der Waals surface area contributed by atoms with Crippen molar-refractivity contribution in [2.24, 2.45) is 0 Å². The summed E-state index contributed by atoms with van der Waals surface area (Å²) in [6.45, 7) is 7.53. The summed E-state index contributed by atoms with van der Waals surface area (Å²) in [4.78, 5) is 20.4. The Morgan fingerprint density at radius 1 is 1.14 bits per heavy atom. The topological polar surface area (TPSA) is 60.2 Å². The van der Waals surface area contributed by atoms with E-state index in [0.717, 1.165) is 62.4 Å². The van der Waals surface area contributed by atoms with Gasteiger partial charge in [-0.05, 0) is 61.9 Å². The van der Waals surface area contributed by atoms with Crippen LogP contribution in [0.25, 0.3) is 11.3 Å². The number of pyridine rings is 1. The van der Waals surface area contributed by atoms with E-state index in [2.05, 4.69) is 29.1 Å². The number of hydrogen-bond donors (Lipinski definition) is 0. The van der Waals surface area contributed by atoms with Crippen LogP contribution < -0.4 is 0 Å². The predicted molar refractivity (Wildman–Crippen MR) is 138 cm³/mol.